The second-order valence-electron chi connectivity index (χ2n) is 12.9. The van der Waals surface area contributed by atoms with Gasteiger partial charge in [0.05, 0.1) is 11.5 Å². The second-order valence-corrected chi connectivity index (χ2v) is 13.9. The summed E-state index contributed by atoms with van der Waals surface area (Å²) in [5.41, 5.74) is 3.13. The lowest BCUT2D eigenvalue weighted by molar-refractivity contribution is -0.145. The molecule has 2 unspecified atom stereocenters. The first-order valence-corrected chi connectivity index (χ1v) is 18.6. The Balaban J connectivity index is 1.27. The van der Waals surface area contributed by atoms with Gasteiger partial charge in [0, 0.05) is 29.9 Å². The van der Waals surface area contributed by atoms with Crippen LogP contribution in [0.3, 0.4) is 0 Å². The molecule has 55 heavy (non-hydrogen) atoms. The van der Waals surface area contributed by atoms with Gasteiger partial charge in [0.1, 0.15) is 22.8 Å². The predicted molar refractivity (Wildman–Crippen MR) is 202 cm³/mol. The number of carbonyl (C=O) groups is 3. The highest BCUT2D eigenvalue weighted by Gasteiger charge is 2.35. The fourth-order valence-corrected chi connectivity index (χ4v) is 6.49. The number of aliphatic hydroxyl groups excluding tert-OH is 1. The summed E-state index contributed by atoms with van der Waals surface area (Å²) in [4.78, 5) is 46.6. The molecule has 0 spiro atoms. The van der Waals surface area contributed by atoms with Crippen LogP contribution in [0.15, 0.2) is 103 Å². The highest BCUT2D eigenvalue weighted by molar-refractivity contribution is 7.14. The number of amides is 2. The molecule has 0 radical (unpaired) electrons. The lowest BCUT2D eigenvalue weighted by Crippen LogP contribution is -2.54. The minimum atomic E-state index is -4.66. The number of unbranched alkanes of at least 4 members (excludes halogenated alkanes) is 4. The fraction of sp³-hybridized carbons (Fsp3) is 0.293. The highest BCUT2D eigenvalue weighted by Crippen LogP contribution is 2.34. The van der Waals surface area contributed by atoms with E-state index < -0.39 is 47.0 Å². The van der Waals surface area contributed by atoms with Gasteiger partial charge in [0.2, 0.25) is 5.91 Å². The van der Waals surface area contributed by atoms with Crippen LogP contribution in [0.5, 0.6) is 5.75 Å². The van der Waals surface area contributed by atoms with Gasteiger partial charge in [-0.1, -0.05) is 99.3 Å². The van der Waals surface area contributed by atoms with Crippen molar-refractivity contribution in [2.45, 2.75) is 69.8 Å². The van der Waals surface area contributed by atoms with Gasteiger partial charge >= 0.3 is 12.1 Å². The smallest absolute Gasteiger partial charge is 0.425 e. The maximum atomic E-state index is 13.6. The zero-order chi connectivity index (χ0) is 39.4. The summed E-state index contributed by atoms with van der Waals surface area (Å²) in [7, 11) is 0. The third-order valence-corrected chi connectivity index (χ3v) is 9.89. The van der Waals surface area contributed by atoms with Gasteiger partial charge in [-0.3, -0.25) is 9.59 Å². The van der Waals surface area contributed by atoms with E-state index in [1.807, 2.05) is 24.3 Å². The highest BCUT2D eigenvalue weighted by atomic mass is 32.1. The van der Waals surface area contributed by atoms with Crippen molar-refractivity contribution in [2.24, 2.45) is 0 Å². The van der Waals surface area contributed by atoms with Crippen LogP contribution < -0.4 is 15.4 Å². The Bertz CT molecular complexity index is 2010. The van der Waals surface area contributed by atoms with E-state index in [0.29, 0.717) is 23.6 Å². The molecule has 2 aromatic heterocycles. The molecule has 0 saturated heterocycles. The monoisotopic (exact) mass is 774 g/mol. The summed E-state index contributed by atoms with van der Waals surface area (Å²) in [6.45, 7) is 2.86. The summed E-state index contributed by atoms with van der Waals surface area (Å²) in [6, 6.07) is 20.8. The zero-order valence-electron chi connectivity index (χ0n) is 30.0. The quantitative estimate of drug-likeness (QED) is 0.0657. The van der Waals surface area contributed by atoms with Crippen LogP contribution in [-0.2, 0) is 22.2 Å². The number of nitrogens with one attached hydrogen (secondary N) is 2. The average molecular weight is 775 g/mol. The van der Waals surface area contributed by atoms with Gasteiger partial charge in [0.25, 0.3) is 5.91 Å². The number of rotatable bonds is 18. The van der Waals surface area contributed by atoms with E-state index >= 15 is 0 Å². The normalized spacial score (nSPS) is 13.0. The molecule has 0 aliphatic rings. The molecule has 0 bridgehead atoms. The number of alkyl halides is 3. The first-order chi connectivity index (χ1) is 26.4. The largest absolute Gasteiger partial charge is 0.494 e. The number of carboxylic acid groups (broad SMARTS) is 1. The molecule has 5 rings (SSSR count). The molecular weight excluding hydrogens is 734 g/mol. The van der Waals surface area contributed by atoms with Gasteiger partial charge in [-0.05, 0) is 47.4 Å². The van der Waals surface area contributed by atoms with Gasteiger partial charge in [-0.2, -0.15) is 13.2 Å². The van der Waals surface area contributed by atoms with E-state index in [0.717, 1.165) is 41.9 Å². The number of carboxylic acids is 1. The molecule has 3 atom stereocenters. The van der Waals surface area contributed by atoms with E-state index in [1.54, 1.807) is 54.9 Å². The third kappa shape index (κ3) is 11.4. The van der Waals surface area contributed by atoms with Crippen LogP contribution in [0, 0.1) is 0 Å². The molecule has 4 N–H and O–H groups in total. The number of hydrogen-bond acceptors (Lipinski definition) is 8. The summed E-state index contributed by atoms with van der Waals surface area (Å²) < 4.78 is 45.6. The van der Waals surface area contributed by atoms with Crippen LogP contribution in [0.25, 0.3) is 22.5 Å². The van der Waals surface area contributed by atoms with Crippen LogP contribution in [0.2, 0.25) is 0 Å². The zero-order valence-corrected chi connectivity index (χ0v) is 30.8. The number of aromatic nitrogens is 2. The topological polar surface area (TPSA) is 151 Å². The molecule has 5 aromatic rings. The van der Waals surface area contributed by atoms with Crippen LogP contribution in [0.1, 0.15) is 70.8 Å². The number of aliphatic carboxylic acids is 1. The SMILES string of the molecule is CCCCCCCOc1ccc(-c2cnc(-c3ccc(C[C@H](NC(=O)c4ccc(C(F)(F)F)s4)C(=O)NC(C(=O)O)C(O)c4ccccc4)cc3)nc2)cc1. The Morgan fingerprint density at radius 3 is 2.07 bits per heavy atom. The van der Waals surface area contributed by atoms with Crippen molar-refractivity contribution in [2.75, 3.05) is 6.61 Å². The maximum absolute atomic E-state index is 13.6. The predicted octanol–water partition coefficient (Wildman–Crippen LogP) is 7.88. The Kier molecular flexibility index (Phi) is 14.1. The molecule has 2 heterocycles. The number of halogens is 3. The van der Waals surface area contributed by atoms with Crippen LogP contribution in [-0.4, -0.2) is 56.7 Å². The average Bonchev–Trinajstić information content (AvgIpc) is 3.71. The van der Waals surface area contributed by atoms with Gasteiger partial charge in [0.15, 0.2) is 11.9 Å². The molecule has 14 heteroatoms. The van der Waals surface area contributed by atoms with Crippen molar-refractivity contribution in [1.82, 2.24) is 20.6 Å². The molecule has 3 aromatic carbocycles. The summed E-state index contributed by atoms with van der Waals surface area (Å²) in [6.07, 6.45) is 2.76. The minimum Gasteiger partial charge on any atom is -0.494 e. The molecule has 0 fully saturated rings. The summed E-state index contributed by atoms with van der Waals surface area (Å²) in [5.74, 6) is -2.23. The van der Waals surface area contributed by atoms with E-state index in [-0.39, 0.29) is 28.2 Å². The lowest BCUT2D eigenvalue weighted by atomic mass is 10.00. The Morgan fingerprint density at radius 1 is 0.800 bits per heavy atom. The molecule has 288 valence electrons. The van der Waals surface area contributed by atoms with Crippen molar-refractivity contribution >= 4 is 29.1 Å². The molecule has 2 amide bonds. The third-order valence-electron chi connectivity index (χ3n) is 8.76. The number of aliphatic hydroxyl groups is 1. The fourth-order valence-electron chi connectivity index (χ4n) is 5.71. The van der Waals surface area contributed by atoms with Crippen molar-refractivity contribution < 1.29 is 42.5 Å². The number of hydrogen-bond donors (Lipinski definition) is 4. The van der Waals surface area contributed by atoms with E-state index in [4.69, 9.17) is 4.74 Å². The van der Waals surface area contributed by atoms with Gasteiger partial charge in [-0.25, -0.2) is 14.8 Å². The Hall–Kier alpha value is -5.60. The number of carbonyl (C=O) groups excluding carboxylic acids is 2. The van der Waals surface area contributed by atoms with Crippen molar-refractivity contribution in [3.63, 3.8) is 0 Å². The van der Waals surface area contributed by atoms with Crippen molar-refractivity contribution in [1.29, 1.82) is 0 Å². The van der Waals surface area contributed by atoms with Crippen molar-refractivity contribution in [3.05, 3.63) is 124 Å². The van der Waals surface area contributed by atoms with Crippen LogP contribution >= 0.6 is 11.3 Å². The molecule has 0 aliphatic heterocycles. The van der Waals surface area contributed by atoms with E-state index in [9.17, 15) is 37.8 Å². The van der Waals surface area contributed by atoms with Crippen LogP contribution in [0.4, 0.5) is 13.2 Å². The first kappa shape index (κ1) is 40.6. The standard InChI is InChI=1S/C41H41F3N4O6S/c1-2-3-4-5-9-22-54-31-18-16-27(17-19-31)30-24-45-37(46-25-30)29-14-12-26(13-15-29)23-32(47-39(51)33-20-21-34(55-33)41(42,43)44)38(50)48-35(40(52)53)36(49)28-10-7-6-8-11-28/h6-8,10-21,24-25,32,35-36,49H,2-5,9,22-23H2,1H3,(H,47,51)(H,48,50)(H,52,53)/t32-,35?,36?/m0/s1. The Morgan fingerprint density at radius 2 is 1.45 bits per heavy atom. The number of nitrogens with zero attached hydrogens (tertiary/aromatic N) is 2. The Labute approximate surface area is 320 Å². The maximum Gasteiger partial charge on any atom is 0.425 e. The minimum absolute atomic E-state index is 0.165. The number of ether oxygens (including phenoxy) is 1. The number of benzene rings is 3. The summed E-state index contributed by atoms with van der Waals surface area (Å²) >= 11 is 0.211. The first-order valence-electron chi connectivity index (χ1n) is 17.8. The number of thiophene rings is 1. The molecule has 0 aliphatic carbocycles. The summed E-state index contributed by atoms with van der Waals surface area (Å²) in [5, 5.41) is 25.4. The van der Waals surface area contributed by atoms with Gasteiger partial charge < -0.3 is 25.6 Å². The molecule has 10 nitrogen and oxygen atoms in total. The molecular formula is C41H41F3N4O6S. The second kappa shape index (κ2) is 19.1. The van der Waals surface area contributed by atoms with Crippen molar-refractivity contribution in [3.8, 4) is 28.3 Å². The van der Waals surface area contributed by atoms with Gasteiger partial charge in [-0.15, -0.1) is 11.3 Å². The van der Waals surface area contributed by atoms with E-state index in [2.05, 4.69) is 27.5 Å². The lowest BCUT2D eigenvalue weighted by Gasteiger charge is -2.24. The van der Waals surface area contributed by atoms with E-state index in [1.165, 1.54) is 31.4 Å². The molecule has 0 saturated carbocycles.